The Bertz CT molecular complexity index is 1350. The first-order valence-electron chi connectivity index (χ1n) is 18.2. The Balaban J connectivity index is 1.80. The number of nitrogens with one attached hydrogen (secondary N) is 4. The van der Waals surface area contributed by atoms with Gasteiger partial charge in [0.25, 0.3) is 0 Å². The maximum atomic E-state index is 14.1. The second-order valence-corrected chi connectivity index (χ2v) is 15.2. The number of aliphatic hydroxyl groups excluding tert-OH is 1. The first-order valence-corrected chi connectivity index (χ1v) is 18.2. The predicted molar refractivity (Wildman–Crippen MR) is 193 cm³/mol. The van der Waals surface area contributed by atoms with Gasteiger partial charge in [0.15, 0.2) is 0 Å². The number of carbonyl (C=O) groups is 4. The number of alkyl carbamates (subject to hydrolysis) is 1. The van der Waals surface area contributed by atoms with Gasteiger partial charge in [-0.2, -0.15) is 0 Å². The van der Waals surface area contributed by atoms with Crippen molar-refractivity contribution in [2.75, 3.05) is 6.54 Å². The van der Waals surface area contributed by atoms with Crippen molar-refractivity contribution in [2.45, 2.75) is 135 Å². The number of carbonyl (C=O) groups excluding carboxylic acids is 4. The van der Waals surface area contributed by atoms with E-state index < -0.39 is 47.7 Å². The zero-order valence-electron chi connectivity index (χ0n) is 30.9. The highest BCUT2D eigenvalue weighted by Crippen LogP contribution is 2.28. The van der Waals surface area contributed by atoms with E-state index in [0.29, 0.717) is 36.9 Å². The highest BCUT2D eigenvalue weighted by Gasteiger charge is 2.32. The van der Waals surface area contributed by atoms with Crippen molar-refractivity contribution in [3.05, 3.63) is 54.1 Å². The summed E-state index contributed by atoms with van der Waals surface area (Å²) in [5.74, 6) is -0.295. The van der Waals surface area contributed by atoms with Crippen molar-refractivity contribution in [1.82, 2.24) is 30.8 Å². The molecule has 1 fully saturated rings. The second kappa shape index (κ2) is 20.1. The fourth-order valence-electron chi connectivity index (χ4n) is 6.22. The van der Waals surface area contributed by atoms with Crippen molar-refractivity contribution in [3.8, 4) is 0 Å². The first kappa shape index (κ1) is 40.5. The normalized spacial score (nSPS) is 16.2. The summed E-state index contributed by atoms with van der Waals surface area (Å²) >= 11 is 0. The molecule has 0 saturated heterocycles. The van der Waals surface area contributed by atoms with Gasteiger partial charge in [0, 0.05) is 39.1 Å². The minimum Gasteiger partial charge on any atom is -0.444 e. The molecule has 50 heavy (non-hydrogen) atoms. The molecular formula is C38H60N6O6. The van der Waals surface area contributed by atoms with Gasteiger partial charge in [0.2, 0.25) is 17.7 Å². The number of rotatable bonds is 18. The smallest absolute Gasteiger partial charge is 0.408 e. The largest absolute Gasteiger partial charge is 0.444 e. The maximum Gasteiger partial charge on any atom is 0.408 e. The van der Waals surface area contributed by atoms with Crippen LogP contribution in [0.15, 0.2) is 42.9 Å². The van der Waals surface area contributed by atoms with Crippen LogP contribution >= 0.6 is 0 Å². The number of imidazole rings is 1. The molecule has 0 aliphatic heterocycles. The molecule has 1 aromatic carbocycles. The molecule has 1 aliphatic carbocycles. The molecule has 1 heterocycles. The molecule has 4 amide bonds. The molecule has 1 aromatic heterocycles. The van der Waals surface area contributed by atoms with Gasteiger partial charge in [-0.05, 0) is 57.4 Å². The number of hydrogen-bond acceptors (Lipinski definition) is 7. The van der Waals surface area contributed by atoms with Crippen LogP contribution < -0.4 is 21.3 Å². The average molecular weight is 697 g/mol. The van der Waals surface area contributed by atoms with Crippen LogP contribution in [0.3, 0.4) is 0 Å². The maximum absolute atomic E-state index is 14.1. The average Bonchev–Trinajstić information content (AvgIpc) is 3.47. The van der Waals surface area contributed by atoms with E-state index >= 15 is 0 Å². The zero-order valence-corrected chi connectivity index (χ0v) is 30.9. The number of amides is 4. The fraction of sp³-hybridized carbons (Fsp3) is 0.658. The third-order valence-electron chi connectivity index (χ3n) is 8.91. The summed E-state index contributed by atoms with van der Waals surface area (Å²) in [5, 5.41) is 22.9. The molecule has 0 radical (unpaired) electrons. The third-order valence-corrected chi connectivity index (χ3v) is 8.91. The van der Waals surface area contributed by atoms with Gasteiger partial charge in [-0.1, -0.05) is 76.3 Å². The number of ether oxygens (including phenoxy) is 1. The van der Waals surface area contributed by atoms with E-state index in [9.17, 15) is 24.3 Å². The molecular weight excluding hydrogens is 636 g/mol. The second-order valence-electron chi connectivity index (χ2n) is 15.2. The van der Waals surface area contributed by atoms with E-state index in [-0.39, 0.29) is 25.2 Å². The Labute approximate surface area is 297 Å². The van der Waals surface area contributed by atoms with Gasteiger partial charge in [0.05, 0.1) is 24.2 Å². The summed E-state index contributed by atoms with van der Waals surface area (Å²) in [6, 6.07) is 6.63. The van der Waals surface area contributed by atoms with Gasteiger partial charge in [0.1, 0.15) is 17.7 Å². The minimum absolute atomic E-state index is 0.0537. The molecule has 0 unspecified atom stereocenters. The molecule has 3 rings (SSSR count). The lowest BCUT2D eigenvalue weighted by Gasteiger charge is -2.32. The Hall–Kier alpha value is -3.93. The van der Waals surface area contributed by atoms with Gasteiger partial charge in [-0.15, -0.1) is 0 Å². The summed E-state index contributed by atoms with van der Waals surface area (Å²) in [5.41, 5.74) is 0.646. The number of aromatic nitrogens is 2. The van der Waals surface area contributed by atoms with Crippen LogP contribution in [0.1, 0.15) is 104 Å². The van der Waals surface area contributed by atoms with Crippen molar-refractivity contribution >= 4 is 23.8 Å². The predicted octanol–water partition coefficient (Wildman–Crippen LogP) is 4.34. The van der Waals surface area contributed by atoms with Crippen molar-refractivity contribution in [2.24, 2.45) is 18.9 Å². The number of benzene rings is 1. The van der Waals surface area contributed by atoms with Gasteiger partial charge in [-0.3, -0.25) is 14.4 Å². The lowest BCUT2D eigenvalue weighted by Crippen LogP contribution is -2.57. The molecule has 12 nitrogen and oxygen atoms in total. The lowest BCUT2D eigenvalue weighted by atomic mass is 9.83. The molecule has 1 saturated carbocycles. The van der Waals surface area contributed by atoms with Crippen LogP contribution in [-0.2, 0) is 39.0 Å². The van der Waals surface area contributed by atoms with E-state index in [2.05, 4.69) is 40.1 Å². The van der Waals surface area contributed by atoms with Crippen LogP contribution in [0.25, 0.3) is 0 Å². The minimum atomic E-state index is -1.05. The van der Waals surface area contributed by atoms with Crippen LogP contribution in [0, 0.1) is 11.8 Å². The Kier molecular flexibility index (Phi) is 16.2. The Morgan fingerprint density at radius 3 is 2.22 bits per heavy atom. The third kappa shape index (κ3) is 15.3. The first-order chi connectivity index (χ1) is 23.7. The van der Waals surface area contributed by atoms with Gasteiger partial charge < -0.3 is 35.7 Å². The standard InChI is InChI=1S/C38H60N6O6/c1-26(2)17-18-34(46)39-20-19-33(45)30(21-27-13-9-7-10-14-27)41-36(48)32(23-29-24-44(6)25-40-29)42-35(47)31(22-28-15-11-8-12-16-28)43-37(49)50-38(3,4)5/h8,11-12,15-16,24-27,30-33,45H,7,9-10,13-14,17-23H2,1-6H3,(H,39,46)(H,41,48)(H,42,47)(H,43,49)/t30-,31-,32-,33-/m0/s1. The van der Waals surface area contributed by atoms with Gasteiger partial charge >= 0.3 is 6.09 Å². The molecule has 5 N–H and O–H groups in total. The lowest BCUT2D eigenvalue weighted by molar-refractivity contribution is -0.131. The highest BCUT2D eigenvalue weighted by atomic mass is 16.6. The SMILES string of the molecule is CC(C)CCC(=O)NCC[C@H](O)[C@H](CC1CCCCC1)NC(=O)[C@H](Cc1cn(C)cn1)NC(=O)[C@H](Cc1ccccc1)NC(=O)OC(C)(C)C. The van der Waals surface area contributed by atoms with Crippen molar-refractivity contribution in [1.29, 1.82) is 0 Å². The van der Waals surface area contributed by atoms with Crippen LogP contribution in [0.2, 0.25) is 0 Å². The van der Waals surface area contributed by atoms with Crippen LogP contribution in [-0.4, -0.2) is 74.8 Å². The molecule has 2 aromatic rings. The van der Waals surface area contributed by atoms with Crippen molar-refractivity contribution < 1.29 is 29.0 Å². The van der Waals surface area contributed by atoms with E-state index in [1.54, 1.807) is 37.9 Å². The molecule has 0 bridgehead atoms. The molecule has 0 spiro atoms. The quantitative estimate of drug-likeness (QED) is 0.155. The van der Waals surface area contributed by atoms with E-state index in [0.717, 1.165) is 37.7 Å². The highest BCUT2D eigenvalue weighted by molar-refractivity contribution is 5.91. The summed E-state index contributed by atoms with van der Waals surface area (Å²) in [7, 11) is 1.82. The van der Waals surface area contributed by atoms with E-state index in [1.807, 2.05) is 37.4 Å². The number of aliphatic hydroxyl groups is 1. The van der Waals surface area contributed by atoms with Gasteiger partial charge in [-0.25, -0.2) is 9.78 Å². The molecule has 1 aliphatic rings. The summed E-state index contributed by atoms with van der Waals surface area (Å²) < 4.78 is 7.22. The van der Waals surface area contributed by atoms with E-state index in [1.165, 1.54) is 6.42 Å². The number of nitrogens with zero attached hydrogens (tertiary/aromatic N) is 2. The number of aryl methyl sites for hydroxylation is 1. The molecule has 278 valence electrons. The fourth-order valence-corrected chi connectivity index (χ4v) is 6.22. The van der Waals surface area contributed by atoms with Crippen molar-refractivity contribution in [3.63, 3.8) is 0 Å². The summed E-state index contributed by atoms with van der Waals surface area (Å²) in [6.07, 6.45) is 9.57. The summed E-state index contributed by atoms with van der Waals surface area (Å²) in [4.78, 5) is 57.6. The molecule has 12 heteroatoms. The topological polar surface area (TPSA) is 164 Å². The van der Waals surface area contributed by atoms with Crippen LogP contribution in [0.5, 0.6) is 0 Å². The summed E-state index contributed by atoms with van der Waals surface area (Å²) in [6.45, 7) is 9.65. The zero-order chi connectivity index (χ0) is 36.7. The Morgan fingerprint density at radius 1 is 0.940 bits per heavy atom. The number of hydrogen-bond donors (Lipinski definition) is 5. The van der Waals surface area contributed by atoms with E-state index in [4.69, 9.17) is 4.74 Å². The van der Waals surface area contributed by atoms with Crippen LogP contribution in [0.4, 0.5) is 4.79 Å². The monoisotopic (exact) mass is 696 g/mol. The Morgan fingerprint density at radius 2 is 1.60 bits per heavy atom. The molecule has 4 atom stereocenters.